The van der Waals surface area contributed by atoms with Crippen molar-refractivity contribution in [1.82, 2.24) is 4.90 Å². The molecule has 0 amide bonds. The van der Waals surface area contributed by atoms with Crippen LogP contribution in [0.5, 0.6) is 11.5 Å². The summed E-state index contributed by atoms with van der Waals surface area (Å²) in [6.07, 6.45) is -0.457. The number of hydrogen-bond donors (Lipinski definition) is 1. The van der Waals surface area contributed by atoms with Gasteiger partial charge in [0.1, 0.15) is 11.5 Å². The van der Waals surface area contributed by atoms with Gasteiger partial charge in [-0.25, -0.2) is 0 Å². The number of methoxy groups -OCH3 is 2. The average Bonchev–Trinajstić information content (AvgIpc) is 2.59. The first-order valence-corrected chi connectivity index (χ1v) is 8.84. The van der Waals surface area contributed by atoms with Gasteiger partial charge in [0.05, 0.1) is 38.2 Å². The fraction of sp³-hybridized carbons (Fsp3) is 0.684. The molecule has 1 atom stereocenters. The normalized spacial score (nSPS) is 17.4. The molecule has 0 bridgehead atoms. The van der Waals surface area contributed by atoms with Crippen LogP contribution in [0.3, 0.4) is 0 Å². The summed E-state index contributed by atoms with van der Waals surface area (Å²) in [5, 5.41) is 10.2. The van der Waals surface area contributed by atoms with E-state index in [1.165, 1.54) is 0 Å². The number of aliphatic hydroxyl groups is 1. The number of piperazine rings is 1. The summed E-state index contributed by atoms with van der Waals surface area (Å²) in [5.74, 6) is 1.62. The van der Waals surface area contributed by atoms with Gasteiger partial charge in [-0.2, -0.15) is 0 Å². The molecule has 1 unspecified atom stereocenters. The van der Waals surface area contributed by atoms with Crippen molar-refractivity contribution in [1.29, 1.82) is 0 Å². The fourth-order valence-electron chi connectivity index (χ4n) is 2.91. The number of β-amino-alcohol motifs (C(OH)–C–C–N with tert-alkyl or cyclic N) is 1. The standard InChI is InChI=1S/C19H32N2O4/c1-19(2,3)25-14-15(22)13-20-8-10-21(11-9-20)17-7-6-16(23-4)12-18(17)24-5/h6-7,12,15,22H,8-11,13-14H2,1-5H3. The van der Waals surface area contributed by atoms with Crippen LogP contribution in [0.2, 0.25) is 0 Å². The molecule has 25 heavy (non-hydrogen) atoms. The van der Waals surface area contributed by atoms with Gasteiger partial charge in [0.15, 0.2) is 0 Å². The van der Waals surface area contributed by atoms with Crippen molar-refractivity contribution in [3.63, 3.8) is 0 Å². The summed E-state index contributed by atoms with van der Waals surface area (Å²) >= 11 is 0. The highest BCUT2D eigenvalue weighted by Crippen LogP contribution is 2.32. The van der Waals surface area contributed by atoms with Crippen molar-refractivity contribution in [2.24, 2.45) is 0 Å². The highest BCUT2D eigenvalue weighted by Gasteiger charge is 2.22. The number of anilines is 1. The Kier molecular flexibility index (Phi) is 6.93. The number of nitrogens with zero attached hydrogens (tertiary/aromatic N) is 2. The molecule has 6 nitrogen and oxygen atoms in total. The van der Waals surface area contributed by atoms with Crippen molar-refractivity contribution in [2.45, 2.75) is 32.5 Å². The van der Waals surface area contributed by atoms with E-state index in [-0.39, 0.29) is 5.60 Å². The molecule has 1 N–H and O–H groups in total. The Morgan fingerprint density at radius 2 is 1.76 bits per heavy atom. The van der Waals surface area contributed by atoms with Gasteiger partial charge < -0.3 is 24.2 Å². The van der Waals surface area contributed by atoms with Crippen LogP contribution in [0.1, 0.15) is 20.8 Å². The fourth-order valence-corrected chi connectivity index (χ4v) is 2.91. The van der Waals surface area contributed by atoms with E-state index in [2.05, 4.69) is 9.80 Å². The van der Waals surface area contributed by atoms with Crippen LogP contribution in [-0.4, -0.2) is 75.3 Å². The first-order chi connectivity index (χ1) is 11.8. The van der Waals surface area contributed by atoms with E-state index < -0.39 is 6.10 Å². The Morgan fingerprint density at radius 3 is 2.32 bits per heavy atom. The molecule has 0 radical (unpaired) electrons. The molecule has 1 aromatic rings. The van der Waals surface area contributed by atoms with E-state index in [0.717, 1.165) is 43.4 Å². The van der Waals surface area contributed by atoms with E-state index in [4.69, 9.17) is 14.2 Å². The summed E-state index contributed by atoms with van der Waals surface area (Å²) < 4.78 is 16.4. The van der Waals surface area contributed by atoms with Gasteiger partial charge in [-0.1, -0.05) is 0 Å². The van der Waals surface area contributed by atoms with Gasteiger partial charge in [0.25, 0.3) is 0 Å². The molecule has 1 fully saturated rings. The van der Waals surface area contributed by atoms with E-state index in [1.807, 2.05) is 39.0 Å². The minimum Gasteiger partial charge on any atom is -0.497 e. The van der Waals surface area contributed by atoms with E-state index >= 15 is 0 Å². The summed E-state index contributed by atoms with van der Waals surface area (Å²) in [7, 11) is 3.34. The maximum absolute atomic E-state index is 10.2. The summed E-state index contributed by atoms with van der Waals surface area (Å²) in [6.45, 7) is 10.6. The first kappa shape index (κ1) is 19.8. The average molecular weight is 352 g/mol. The third kappa shape index (κ3) is 6.06. The Hall–Kier alpha value is -1.50. The van der Waals surface area contributed by atoms with Gasteiger partial charge in [0.2, 0.25) is 0 Å². The second kappa shape index (κ2) is 8.74. The van der Waals surface area contributed by atoms with Gasteiger partial charge in [0, 0.05) is 38.8 Å². The monoisotopic (exact) mass is 352 g/mol. The highest BCUT2D eigenvalue weighted by atomic mass is 16.5. The van der Waals surface area contributed by atoms with Crippen molar-refractivity contribution in [2.75, 3.05) is 58.5 Å². The van der Waals surface area contributed by atoms with Crippen LogP contribution in [0, 0.1) is 0 Å². The molecule has 0 aliphatic carbocycles. The zero-order chi connectivity index (χ0) is 18.4. The third-order valence-corrected chi connectivity index (χ3v) is 4.28. The van der Waals surface area contributed by atoms with Crippen LogP contribution in [0.4, 0.5) is 5.69 Å². The van der Waals surface area contributed by atoms with Crippen molar-refractivity contribution < 1.29 is 19.3 Å². The zero-order valence-corrected chi connectivity index (χ0v) is 16.1. The molecule has 1 aliphatic rings. The highest BCUT2D eigenvalue weighted by molar-refractivity contribution is 5.61. The van der Waals surface area contributed by atoms with Gasteiger partial charge in [-0.15, -0.1) is 0 Å². The number of aliphatic hydroxyl groups excluding tert-OH is 1. The van der Waals surface area contributed by atoms with E-state index in [9.17, 15) is 5.11 Å². The number of hydrogen-bond acceptors (Lipinski definition) is 6. The summed E-state index contributed by atoms with van der Waals surface area (Å²) in [4.78, 5) is 4.59. The lowest BCUT2D eigenvalue weighted by molar-refractivity contribution is -0.0563. The predicted molar refractivity (Wildman–Crippen MR) is 99.9 cm³/mol. The predicted octanol–water partition coefficient (Wildman–Crippen LogP) is 2.00. The number of ether oxygens (including phenoxy) is 3. The van der Waals surface area contributed by atoms with E-state index in [0.29, 0.717) is 13.2 Å². The lowest BCUT2D eigenvalue weighted by atomic mass is 10.2. The van der Waals surface area contributed by atoms with Crippen LogP contribution < -0.4 is 14.4 Å². The first-order valence-electron chi connectivity index (χ1n) is 8.84. The van der Waals surface area contributed by atoms with Gasteiger partial charge >= 0.3 is 0 Å². The molecule has 1 aliphatic heterocycles. The lowest BCUT2D eigenvalue weighted by Gasteiger charge is -2.37. The SMILES string of the molecule is COc1ccc(N2CCN(CC(O)COC(C)(C)C)CC2)c(OC)c1. The molecule has 142 valence electrons. The Morgan fingerprint density at radius 1 is 1.08 bits per heavy atom. The Labute approximate surface area is 151 Å². The molecule has 2 rings (SSSR count). The largest absolute Gasteiger partial charge is 0.497 e. The molecule has 1 saturated heterocycles. The number of rotatable bonds is 7. The molecule has 1 heterocycles. The molecule has 1 aromatic carbocycles. The third-order valence-electron chi connectivity index (χ3n) is 4.28. The lowest BCUT2D eigenvalue weighted by Crippen LogP contribution is -2.49. The maximum Gasteiger partial charge on any atom is 0.145 e. The summed E-state index contributed by atoms with van der Waals surface area (Å²) in [5.41, 5.74) is 0.865. The Balaban J connectivity index is 1.85. The topological polar surface area (TPSA) is 54.4 Å². The molecule has 0 saturated carbocycles. The van der Waals surface area contributed by atoms with Crippen molar-refractivity contribution >= 4 is 5.69 Å². The zero-order valence-electron chi connectivity index (χ0n) is 16.1. The molecular formula is C19H32N2O4. The maximum atomic E-state index is 10.2. The minimum atomic E-state index is -0.457. The van der Waals surface area contributed by atoms with Crippen LogP contribution >= 0.6 is 0 Å². The smallest absolute Gasteiger partial charge is 0.145 e. The van der Waals surface area contributed by atoms with Crippen LogP contribution in [-0.2, 0) is 4.74 Å². The Bertz CT molecular complexity index is 537. The van der Waals surface area contributed by atoms with Crippen molar-refractivity contribution in [3.8, 4) is 11.5 Å². The van der Waals surface area contributed by atoms with Crippen molar-refractivity contribution in [3.05, 3.63) is 18.2 Å². The minimum absolute atomic E-state index is 0.218. The number of benzene rings is 1. The molecule has 0 aromatic heterocycles. The van der Waals surface area contributed by atoms with E-state index in [1.54, 1.807) is 14.2 Å². The second-order valence-corrected chi connectivity index (χ2v) is 7.40. The summed E-state index contributed by atoms with van der Waals surface area (Å²) in [6, 6.07) is 5.91. The van der Waals surface area contributed by atoms with Gasteiger partial charge in [-0.05, 0) is 32.9 Å². The molecule has 6 heteroatoms. The van der Waals surface area contributed by atoms with Crippen LogP contribution in [0.15, 0.2) is 18.2 Å². The quantitative estimate of drug-likeness (QED) is 0.810. The molecule has 0 spiro atoms. The van der Waals surface area contributed by atoms with Crippen LogP contribution in [0.25, 0.3) is 0 Å². The van der Waals surface area contributed by atoms with Gasteiger partial charge in [-0.3, -0.25) is 4.90 Å². The second-order valence-electron chi connectivity index (χ2n) is 7.40. The molecular weight excluding hydrogens is 320 g/mol.